The maximum atomic E-state index is 12.1. The van der Waals surface area contributed by atoms with Gasteiger partial charge in [0.25, 0.3) is 5.91 Å². The summed E-state index contributed by atoms with van der Waals surface area (Å²) in [4.78, 5) is 27.2. The van der Waals surface area contributed by atoms with Crippen LogP contribution in [0.15, 0.2) is 42.5 Å². The van der Waals surface area contributed by atoms with Crippen molar-refractivity contribution in [1.29, 1.82) is 0 Å². The summed E-state index contributed by atoms with van der Waals surface area (Å²) in [5.74, 6) is 0.115. The summed E-state index contributed by atoms with van der Waals surface area (Å²) in [6.07, 6.45) is 0.664. The molecule has 96 valence electrons. The van der Waals surface area contributed by atoms with Gasteiger partial charge in [0, 0.05) is 10.9 Å². The molecular weight excluding hydrogens is 308 g/mol. The number of hydrogen-bond donors (Lipinski definition) is 1. The number of nitrogens with zero attached hydrogens (tertiary/aromatic N) is 1. The van der Waals surface area contributed by atoms with Crippen LogP contribution in [-0.2, 0) is 5.33 Å². The number of rotatable bonds is 4. The van der Waals surface area contributed by atoms with E-state index in [9.17, 15) is 9.59 Å². The summed E-state index contributed by atoms with van der Waals surface area (Å²) < 4.78 is 0. The van der Waals surface area contributed by atoms with E-state index in [4.69, 9.17) is 0 Å². The molecule has 5 heteroatoms. The van der Waals surface area contributed by atoms with Crippen LogP contribution in [0.3, 0.4) is 0 Å². The molecule has 19 heavy (non-hydrogen) atoms. The molecule has 1 N–H and O–H groups in total. The highest BCUT2D eigenvalue weighted by Gasteiger charge is 2.11. The van der Waals surface area contributed by atoms with Gasteiger partial charge in [-0.3, -0.25) is 9.59 Å². The Bertz CT molecular complexity index is 614. The number of nitrogens with one attached hydrogen (secondary N) is 1. The van der Waals surface area contributed by atoms with Gasteiger partial charge in [-0.25, -0.2) is 4.98 Å². The zero-order valence-electron chi connectivity index (χ0n) is 9.97. The lowest BCUT2D eigenvalue weighted by molar-refractivity contribution is 0.101. The van der Waals surface area contributed by atoms with Crippen LogP contribution in [0.25, 0.3) is 0 Å². The Labute approximate surface area is 119 Å². The first-order valence-corrected chi connectivity index (χ1v) is 6.74. The Morgan fingerprint density at radius 2 is 2.00 bits per heavy atom. The Balaban J connectivity index is 2.23. The first-order valence-electron chi connectivity index (χ1n) is 5.62. The van der Waals surface area contributed by atoms with Gasteiger partial charge in [0.1, 0.15) is 5.82 Å². The predicted octanol–water partition coefficient (Wildman–Crippen LogP) is 3.04. The zero-order chi connectivity index (χ0) is 13.7. The Kier molecular flexibility index (Phi) is 4.41. The third kappa shape index (κ3) is 3.26. The number of alkyl halides is 1. The molecule has 4 nitrogen and oxygen atoms in total. The largest absolute Gasteiger partial charge is 0.307 e. The van der Waals surface area contributed by atoms with Gasteiger partial charge in [-0.2, -0.15) is 0 Å². The van der Waals surface area contributed by atoms with Gasteiger partial charge in [0.15, 0.2) is 6.29 Å². The minimum atomic E-state index is -0.345. The van der Waals surface area contributed by atoms with Crippen LogP contribution >= 0.6 is 15.9 Å². The molecule has 2 aromatic rings. The Morgan fingerprint density at radius 1 is 1.21 bits per heavy atom. The molecule has 0 fully saturated rings. The quantitative estimate of drug-likeness (QED) is 0.696. The Hall–Kier alpha value is -2.01. The first-order chi connectivity index (χ1) is 9.24. The molecule has 0 unspecified atom stereocenters. The topological polar surface area (TPSA) is 59.1 Å². The second kappa shape index (κ2) is 6.24. The number of carbonyl (C=O) groups is 2. The van der Waals surface area contributed by atoms with Gasteiger partial charge in [-0.1, -0.05) is 40.2 Å². The molecule has 1 heterocycles. The second-order valence-electron chi connectivity index (χ2n) is 3.81. The van der Waals surface area contributed by atoms with Crippen molar-refractivity contribution < 1.29 is 9.59 Å². The third-order valence-electron chi connectivity index (χ3n) is 2.52. The van der Waals surface area contributed by atoms with Crippen molar-refractivity contribution in [2.45, 2.75) is 5.33 Å². The van der Waals surface area contributed by atoms with Crippen molar-refractivity contribution >= 4 is 33.9 Å². The minimum absolute atomic E-state index is 0.337. The maximum Gasteiger partial charge on any atom is 0.257 e. The standard InChI is InChI=1S/C14H11BrN2O2/c15-8-11-5-3-7-13(16-11)17-14(19)12-6-2-1-4-10(12)9-18/h1-7,9H,8H2,(H,16,17,19). The van der Waals surface area contributed by atoms with Crippen molar-refractivity contribution in [2.24, 2.45) is 0 Å². The second-order valence-corrected chi connectivity index (χ2v) is 4.37. The fourth-order valence-corrected chi connectivity index (χ4v) is 1.93. The predicted molar refractivity (Wildman–Crippen MR) is 76.7 cm³/mol. The number of carbonyl (C=O) groups excluding carboxylic acids is 2. The van der Waals surface area contributed by atoms with E-state index in [0.29, 0.717) is 28.6 Å². The number of pyridine rings is 1. The molecular formula is C14H11BrN2O2. The molecule has 1 aromatic carbocycles. The van der Waals surface area contributed by atoms with Gasteiger partial charge in [-0.15, -0.1) is 0 Å². The summed E-state index contributed by atoms with van der Waals surface area (Å²) in [6, 6.07) is 12.0. The summed E-state index contributed by atoms with van der Waals surface area (Å²) >= 11 is 3.30. The van der Waals surface area contributed by atoms with E-state index in [2.05, 4.69) is 26.2 Å². The lowest BCUT2D eigenvalue weighted by Crippen LogP contribution is -2.15. The summed E-state index contributed by atoms with van der Waals surface area (Å²) in [7, 11) is 0. The molecule has 0 atom stereocenters. The molecule has 0 aliphatic carbocycles. The molecule has 0 saturated heterocycles. The van der Waals surface area contributed by atoms with E-state index in [1.165, 1.54) is 0 Å². The van der Waals surface area contributed by atoms with E-state index in [1.807, 2.05) is 12.1 Å². The number of halogens is 1. The van der Waals surface area contributed by atoms with Crippen molar-refractivity contribution in [3.63, 3.8) is 0 Å². The number of hydrogen-bond acceptors (Lipinski definition) is 3. The van der Waals surface area contributed by atoms with Crippen LogP contribution in [0.4, 0.5) is 5.82 Å². The number of aldehydes is 1. The van der Waals surface area contributed by atoms with E-state index in [1.54, 1.807) is 30.3 Å². The number of anilines is 1. The van der Waals surface area contributed by atoms with Gasteiger partial charge >= 0.3 is 0 Å². The smallest absolute Gasteiger partial charge is 0.257 e. The van der Waals surface area contributed by atoms with Crippen LogP contribution in [0.1, 0.15) is 26.4 Å². The van der Waals surface area contributed by atoms with Crippen molar-refractivity contribution in [3.05, 3.63) is 59.3 Å². The number of amides is 1. The van der Waals surface area contributed by atoms with E-state index >= 15 is 0 Å². The molecule has 0 radical (unpaired) electrons. The highest BCUT2D eigenvalue weighted by Crippen LogP contribution is 2.11. The van der Waals surface area contributed by atoms with Crippen molar-refractivity contribution in [3.8, 4) is 0 Å². The molecule has 1 aromatic heterocycles. The normalized spacial score (nSPS) is 9.95. The SMILES string of the molecule is O=Cc1ccccc1C(=O)Nc1cccc(CBr)n1. The summed E-state index contributed by atoms with van der Waals surface area (Å²) in [5.41, 5.74) is 1.52. The molecule has 0 aliphatic heterocycles. The number of aromatic nitrogens is 1. The molecule has 0 aliphatic rings. The molecule has 2 rings (SSSR count). The minimum Gasteiger partial charge on any atom is -0.307 e. The first kappa shape index (κ1) is 13.4. The average Bonchev–Trinajstić information content (AvgIpc) is 2.47. The highest BCUT2D eigenvalue weighted by atomic mass is 79.9. The molecule has 0 spiro atoms. The van der Waals surface area contributed by atoms with E-state index in [-0.39, 0.29) is 5.91 Å². The fourth-order valence-electron chi connectivity index (χ4n) is 1.61. The fraction of sp³-hybridized carbons (Fsp3) is 0.0714. The van der Waals surface area contributed by atoms with Crippen LogP contribution in [-0.4, -0.2) is 17.2 Å². The highest BCUT2D eigenvalue weighted by molar-refractivity contribution is 9.08. The van der Waals surface area contributed by atoms with E-state index < -0.39 is 0 Å². The van der Waals surface area contributed by atoms with Crippen LogP contribution in [0, 0.1) is 0 Å². The van der Waals surface area contributed by atoms with Crippen molar-refractivity contribution in [1.82, 2.24) is 4.98 Å². The van der Waals surface area contributed by atoms with Crippen molar-refractivity contribution in [2.75, 3.05) is 5.32 Å². The third-order valence-corrected chi connectivity index (χ3v) is 3.09. The molecule has 0 bridgehead atoms. The van der Waals surface area contributed by atoms with Crippen LogP contribution < -0.4 is 5.32 Å². The van der Waals surface area contributed by atoms with Gasteiger partial charge in [-0.05, 0) is 18.2 Å². The lowest BCUT2D eigenvalue weighted by atomic mass is 10.1. The molecule has 0 saturated carbocycles. The maximum absolute atomic E-state index is 12.1. The zero-order valence-corrected chi connectivity index (χ0v) is 11.6. The van der Waals surface area contributed by atoms with Gasteiger partial charge in [0.05, 0.1) is 11.3 Å². The molecule has 1 amide bonds. The lowest BCUT2D eigenvalue weighted by Gasteiger charge is -2.07. The number of benzene rings is 1. The Morgan fingerprint density at radius 3 is 2.74 bits per heavy atom. The van der Waals surface area contributed by atoms with Crippen LogP contribution in [0.5, 0.6) is 0 Å². The van der Waals surface area contributed by atoms with Gasteiger partial charge in [0.2, 0.25) is 0 Å². The van der Waals surface area contributed by atoms with Crippen LogP contribution in [0.2, 0.25) is 0 Å². The monoisotopic (exact) mass is 318 g/mol. The summed E-state index contributed by atoms with van der Waals surface area (Å²) in [5, 5.41) is 3.29. The average molecular weight is 319 g/mol. The summed E-state index contributed by atoms with van der Waals surface area (Å²) in [6.45, 7) is 0. The van der Waals surface area contributed by atoms with Gasteiger partial charge < -0.3 is 5.32 Å². The van der Waals surface area contributed by atoms with E-state index in [0.717, 1.165) is 5.69 Å².